The lowest BCUT2D eigenvalue weighted by molar-refractivity contribution is -0.182. The number of nitrogens with zero attached hydrogens (tertiary/aromatic N) is 6. The topological polar surface area (TPSA) is 114 Å². The van der Waals surface area contributed by atoms with Crippen LogP contribution in [0.2, 0.25) is 0 Å². The van der Waals surface area contributed by atoms with Crippen LogP contribution in [0.5, 0.6) is 0 Å². The van der Waals surface area contributed by atoms with Gasteiger partial charge in [0.15, 0.2) is 5.82 Å². The van der Waals surface area contributed by atoms with Gasteiger partial charge in [-0.1, -0.05) is 0 Å². The van der Waals surface area contributed by atoms with Crippen molar-refractivity contribution in [3.63, 3.8) is 0 Å². The number of carbonyl (C=O) groups is 1. The number of halogens is 4. The van der Waals surface area contributed by atoms with E-state index in [1.54, 1.807) is 0 Å². The second kappa shape index (κ2) is 7.30. The number of hydrogen-bond donors (Lipinski definition) is 2. The number of alkyl halides is 3. The highest BCUT2D eigenvalue weighted by molar-refractivity contribution is 9.10. The lowest BCUT2D eigenvalue weighted by atomic mass is 9.92. The van der Waals surface area contributed by atoms with Gasteiger partial charge in [-0.05, 0) is 29.8 Å². The number of nitrogens with one attached hydrogen (secondary N) is 2. The molecule has 0 aliphatic rings. The highest BCUT2D eigenvalue weighted by atomic mass is 79.9. The van der Waals surface area contributed by atoms with Crippen LogP contribution in [-0.4, -0.2) is 47.0 Å². The molecule has 9 nitrogen and oxygen atoms in total. The van der Waals surface area contributed by atoms with Crippen molar-refractivity contribution in [3.8, 4) is 5.95 Å². The number of H-pyrrole nitrogens is 1. The zero-order valence-electron chi connectivity index (χ0n) is 14.6. The maximum atomic E-state index is 13.0. The molecule has 0 aliphatic heterocycles. The highest BCUT2D eigenvalue weighted by Gasteiger charge is 2.51. The van der Waals surface area contributed by atoms with Crippen LogP contribution in [0, 0.1) is 0 Å². The molecule has 0 saturated carbocycles. The number of amides is 1. The normalized spacial score (nSPS) is 12.2. The quantitative estimate of drug-likeness (QED) is 0.606. The van der Waals surface area contributed by atoms with E-state index >= 15 is 0 Å². The summed E-state index contributed by atoms with van der Waals surface area (Å²) in [6.45, 7) is 1.84. The Labute approximate surface area is 164 Å². The summed E-state index contributed by atoms with van der Waals surface area (Å²) in [5, 5.41) is 12.6. The van der Waals surface area contributed by atoms with Crippen LogP contribution in [0.15, 0.2) is 29.3 Å². The average Bonchev–Trinajstić information content (AvgIpc) is 3.29. The first-order chi connectivity index (χ1) is 13.1. The van der Waals surface area contributed by atoms with Crippen molar-refractivity contribution >= 4 is 21.8 Å². The first-order valence-electron chi connectivity index (χ1n) is 7.87. The first-order valence-corrected chi connectivity index (χ1v) is 8.66. The summed E-state index contributed by atoms with van der Waals surface area (Å²) >= 11 is 3.22. The Hall–Kier alpha value is -2.83. The molecule has 3 heterocycles. The molecule has 0 atom stereocenters. The van der Waals surface area contributed by atoms with Gasteiger partial charge in [0, 0.05) is 18.6 Å². The van der Waals surface area contributed by atoms with Crippen molar-refractivity contribution in [1.29, 1.82) is 0 Å². The van der Waals surface area contributed by atoms with E-state index in [4.69, 9.17) is 0 Å². The molecular formula is C15H14BrF3N8O. The summed E-state index contributed by atoms with van der Waals surface area (Å²) in [5.74, 6) is -0.512. The summed E-state index contributed by atoms with van der Waals surface area (Å²) in [7, 11) is 0. The van der Waals surface area contributed by atoms with Gasteiger partial charge in [-0.3, -0.25) is 9.89 Å². The van der Waals surface area contributed by atoms with Gasteiger partial charge in [0.25, 0.3) is 11.9 Å². The maximum absolute atomic E-state index is 13.0. The second-order valence-corrected chi connectivity index (χ2v) is 7.20. The van der Waals surface area contributed by atoms with Crippen LogP contribution in [0.25, 0.3) is 5.95 Å². The molecule has 13 heteroatoms. The number of hydrogen-bond acceptors (Lipinski definition) is 6. The van der Waals surface area contributed by atoms with Gasteiger partial charge in [-0.25, -0.2) is 19.6 Å². The molecule has 0 aromatic carbocycles. The molecule has 3 aromatic rings. The van der Waals surface area contributed by atoms with Crippen LogP contribution >= 0.6 is 15.9 Å². The third-order valence-electron chi connectivity index (χ3n) is 3.87. The van der Waals surface area contributed by atoms with Crippen LogP contribution < -0.4 is 5.32 Å². The fourth-order valence-electron chi connectivity index (χ4n) is 2.02. The Morgan fingerprint density at radius 3 is 2.57 bits per heavy atom. The van der Waals surface area contributed by atoms with E-state index in [0.717, 1.165) is 13.8 Å². The van der Waals surface area contributed by atoms with Gasteiger partial charge >= 0.3 is 6.18 Å². The summed E-state index contributed by atoms with van der Waals surface area (Å²) in [6, 6.07) is 0. The number of aromatic nitrogens is 7. The standard InChI is InChI=1S/C15H14BrF3N8O/c1-14(2,15(17,18)19)12-24-10(25-26-12)6-20-11(28)8-3-23-27(7-8)13-21-4-9(16)5-22-13/h3-5,7H,6H2,1-2H3,(H,20,28)(H,24,25,26). The molecule has 0 saturated heterocycles. The zero-order valence-corrected chi connectivity index (χ0v) is 16.2. The van der Waals surface area contributed by atoms with Gasteiger partial charge < -0.3 is 5.32 Å². The zero-order chi connectivity index (χ0) is 20.5. The van der Waals surface area contributed by atoms with Gasteiger partial charge in [-0.2, -0.15) is 23.4 Å². The van der Waals surface area contributed by atoms with Gasteiger partial charge in [-0.15, -0.1) is 0 Å². The Kier molecular flexibility index (Phi) is 5.19. The molecule has 3 rings (SSSR count). The molecule has 28 heavy (non-hydrogen) atoms. The fraction of sp³-hybridized carbons (Fsp3) is 0.333. The minimum Gasteiger partial charge on any atom is -0.345 e. The molecule has 1 amide bonds. The minimum absolute atomic E-state index is 0.101. The lowest BCUT2D eigenvalue weighted by Crippen LogP contribution is -2.37. The minimum atomic E-state index is -4.50. The van der Waals surface area contributed by atoms with Crippen LogP contribution in [-0.2, 0) is 12.0 Å². The third kappa shape index (κ3) is 4.03. The second-order valence-electron chi connectivity index (χ2n) is 6.29. The number of carbonyl (C=O) groups excluding carboxylic acids is 1. The summed E-state index contributed by atoms with van der Waals surface area (Å²) < 4.78 is 41.1. The summed E-state index contributed by atoms with van der Waals surface area (Å²) in [4.78, 5) is 24.2. The van der Waals surface area contributed by atoms with E-state index in [9.17, 15) is 18.0 Å². The van der Waals surface area contributed by atoms with Gasteiger partial charge in [0.2, 0.25) is 0 Å². The summed E-state index contributed by atoms with van der Waals surface area (Å²) in [6.07, 6.45) is 1.32. The van der Waals surface area contributed by atoms with Crippen molar-refractivity contribution < 1.29 is 18.0 Å². The highest BCUT2D eigenvalue weighted by Crippen LogP contribution is 2.38. The molecule has 2 N–H and O–H groups in total. The first kappa shape index (κ1) is 19.9. The predicted molar refractivity (Wildman–Crippen MR) is 93.5 cm³/mol. The molecule has 0 fully saturated rings. The smallest absolute Gasteiger partial charge is 0.345 e. The molecule has 0 radical (unpaired) electrons. The summed E-state index contributed by atoms with van der Waals surface area (Å²) in [5.41, 5.74) is -1.99. The van der Waals surface area contributed by atoms with Crippen LogP contribution in [0.3, 0.4) is 0 Å². The van der Waals surface area contributed by atoms with E-state index in [-0.39, 0.29) is 23.9 Å². The van der Waals surface area contributed by atoms with E-state index < -0.39 is 23.3 Å². The van der Waals surface area contributed by atoms with Crippen molar-refractivity contribution in [2.75, 3.05) is 0 Å². The van der Waals surface area contributed by atoms with Crippen molar-refractivity contribution in [2.45, 2.75) is 32.0 Å². The number of rotatable bonds is 5. The van der Waals surface area contributed by atoms with Crippen molar-refractivity contribution in [3.05, 3.63) is 46.5 Å². The molecule has 0 bridgehead atoms. The van der Waals surface area contributed by atoms with Gasteiger partial charge in [0.05, 0.1) is 22.8 Å². The molecule has 0 aliphatic carbocycles. The fourth-order valence-corrected chi connectivity index (χ4v) is 2.22. The van der Waals surface area contributed by atoms with E-state index in [0.29, 0.717) is 4.47 Å². The van der Waals surface area contributed by atoms with Crippen molar-refractivity contribution in [2.24, 2.45) is 0 Å². The van der Waals surface area contributed by atoms with Crippen molar-refractivity contribution in [1.82, 2.24) is 40.2 Å². The SMILES string of the molecule is CC(C)(c1n[nH]c(CNC(=O)c2cnn(-c3ncc(Br)cn3)c2)n1)C(F)(F)F. The number of aromatic amines is 1. The average molecular weight is 459 g/mol. The molecule has 148 valence electrons. The Bertz CT molecular complexity index is 980. The van der Waals surface area contributed by atoms with Crippen LogP contribution in [0.1, 0.15) is 35.9 Å². The predicted octanol–water partition coefficient (Wildman–Crippen LogP) is 2.31. The Morgan fingerprint density at radius 1 is 1.25 bits per heavy atom. The Morgan fingerprint density at radius 2 is 1.93 bits per heavy atom. The van der Waals surface area contributed by atoms with E-state index in [2.05, 4.69) is 51.5 Å². The van der Waals surface area contributed by atoms with E-state index in [1.807, 2.05) is 0 Å². The largest absolute Gasteiger partial charge is 0.401 e. The van der Waals surface area contributed by atoms with Gasteiger partial charge in [0.1, 0.15) is 11.2 Å². The van der Waals surface area contributed by atoms with E-state index in [1.165, 1.54) is 29.5 Å². The third-order valence-corrected chi connectivity index (χ3v) is 4.28. The monoisotopic (exact) mass is 458 g/mol. The molecular weight excluding hydrogens is 445 g/mol. The Balaban J connectivity index is 1.65. The van der Waals surface area contributed by atoms with Crippen LogP contribution in [0.4, 0.5) is 13.2 Å². The maximum Gasteiger partial charge on any atom is 0.401 e. The molecule has 0 spiro atoms. The molecule has 0 unspecified atom stereocenters. The lowest BCUT2D eigenvalue weighted by Gasteiger charge is -2.24. The molecule has 3 aromatic heterocycles.